The van der Waals surface area contributed by atoms with E-state index in [0.717, 1.165) is 12.8 Å². The van der Waals surface area contributed by atoms with E-state index < -0.39 is 5.41 Å². The lowest BCUT2D eigenvalue weighted by molar-refractivity contribution is -0.126. The van der Waals surface area contributed by atoms with Gasteiger partial charge in [-0.25, -0.2) is 0 Å². The topological polar surface area (TPSA) is 87.7 Å². The number of thioether (sulfide) groups is 1. The Morgan fingerprint density at radius 3 is 2.53 bits per heavy atom. The lowest BCUT2D eigenvalue weighted by Crippen LogP contribution is -2.51. The van der Waals surface area contributed by atoms with Crippen LogP contribution in [0.25, 0.3) is 0 Å². The van der Waals surface area contributed by atoms with E-state index in [1.807, 2.05) is 0 Å². The third-order valence-corrected chi connectivity index (χ3v) is 5.00. The van der Waals surface area contributed by atoms with Crippen molar-refractivity contribution in [2.45, 2.75) is 37.9 Å². The van der Waals surface area contributed by atoms with E-state index in [4.69, 9.17) is 10.9 Å². The van der Waals surface area contributed by atoms with Gasteiger partial charge >= 0.3 is 0 Å². The summed E-state index contributed by atoms with van der Waals surface area (Å²) in [6, 6.07) is 0. The number of nitrogens with two attached hydrogens (primary N) is 1. The monoisotopic (exact) mass is 259 g/mol. The fraction of sp³-hybridized carbons (Fsp3) is 0.818. The van der Waals surface area contributed by atoms with Crippen LogP contribution in [0.2, 0.25) is 0 Å². The maximum absolute atomic E-state index is 12.0. The first kappa shape index (κ1) is 14.2. The van der Waals surface area contributed by atoms with Gasteiger partial charge in [0, 0.05) is 11.3 Å². The van der Waals surface area contributed by atoms with Crippen LogP contribution in [0.3, 0.4) is 0 Å². The number of hydrogen-bond acceptors (Lipinski definition) is 4. The number of nitrogens with zero attached hydrogens (tertiary/aromatic N) is 1. The van der Waals surface area contributed by atoms with Gasteiger partial charge in [-0.05, 0) is 32.9 Å². The fourth-order valence-corrected chi connectivity index (χ4v) is 2.64. The first-order valence-electron chi connectivity index (χ1n) is 5.69. The standard InChI is InChI=1S/C11H21N3O2S/c1-10(2,8(12)14-16)9(15)13-7-11(17-3)5-4-6-11/h16H,4-7H2,1-3H3,(H2,12,14)(H,13,15). The Hall–Kier alpha value is -0.910. The molecule has 0 saturated heterocycles. The first-order chi connectivity index (χ1) is 7.88. The lowest BCUT2D eigenvalue weighted by atomic mass is 9.83. The number of amides is 1. The van der Waals surface area contributed by atoms with Gasteiger partial charge < -0.3 is 16.3 Å². The van der Waals surface area contributed by atoms with E-state index in [9.17, 15) is 4.79 Å². The van der Waals surface area contributed by atoms with Crippen LogP contribution >= 0.6 is 11.8 Å². The quantitative estimate of drug-likeness (QED) is 0.299. The summed E-state index contributed by atoms with van der Waals surface area (Å²) in [5, 5.41) is 14.4. The van der Waals surface area contributed by atoms with Crippen molar-refractivity contribution in [2.75, 3.05) is 12.8 Å². The summed E-state index contributed by atoms with van der Waals surface area (Å²) in [5.41, 5.74) is 4.53. The summed E-state index contributed by atoms with van der Waals surface area (Å²) in [5.74, 6) is -0.269. The Balaban J connectivity index is 2.55. The predicted octanol–water partition coefficient (Wildman–Crippen LogP) is 1.16. The normalized spacial score (nSPS) is 19.6. The molecule has 0 heterocycles. The Morgan fingerprint density at radius 2 is 2.18 bits per heavy atom. The Kier molecular flexibility index (Phi) is 4.30. The van der Waals surface area contributed by atoms with Gasteiger partial charge in [0.05, 0.1) is 0 Å². The number of carbonyl (C=O) groups excluding carboxylic acids is 1. The number of amidine groups is 1. The molecule has 0 aromatic rings. The first-order valence-corrected chi connectivity index (χ1v) is 6.92. The van der Waals surface area contributed by atoms with Crippen LogP contribution in [0.4, 0.5) is 0 Å². The molecule has 6 heteroatoms. The van der Waals surface area contributed by atoms with Crippen molar-refractivity contribution < 1.29 is 10.0 Å². The fourth-order valence-electron chi connectivity index (χ4n) is 1.73. The van der Waals surface area contributed by atoms with Crippen molar-refractivity contribution in [3.05, 3.63) is 0 Å². The molecule has 0 aromatic heterocycles. The summed E-state index contributed by atoms with van der Waals surface area (Å²) in [7, 11) is 0. The minimum Gasteiger partial charge on any atom is -0.409 e. The van der Waals surface area contributed by atoms with E-state index in [1.54, 1.807) is 25.6 Å². The average Bonchev–Trinajstić information content (AvgIpc) is 2.26. The molecule has 0 aliphatic heterocycles. The van der Waals surface area contributed by atoms with Gasteiger partial charge in [-0.2, -0.15) is 11.8 Å². The summed E-state index contributed by atoms with van der Waals surface area (Å²) in [6.45, 7) is 3.93. The SMILES string of the molecule is CSC1(CNC(=O)C(C)(C)C(N)=NO)CCC1. The van der Waals surface area contributed by atoms with Crippen molar-refractivity contribution in [3.63, 3.8) is 0 Å². The van der Waals surface area contributed by atoms with E-state index in [1.165, 1.54) is 6.42 Å². The molecule has 1 aliphatic carbocycles. The molecule has 0 unspecified atom stereocenters. The molecular weight excluding hydrogens is 238 g/mol. The van der Waals surface area contributed by atoms with E-state index in [2.05, 4.69) is 16.7 Å². The molecule has 1 rings (SSSR count). The third kappa shape index (κ3) is 2.86. The highest BCUT2D eigenvalue weighted by molar-refractivity contribution is 8.00. The van der Waals surface area contributed by atoms with Gasteiger partial charge in [-0.1, -0.05) is 11.6 Å². The molecule has 0 spiro atoms. The summed E-state index contributed by atoms with van der Waals surface area (Å²) >= 11 is 1.80. The van der Waals surface area contributed by atoms with Crippen LogP contribution in [0.5, 0.6) is 0 Å². The average molecular weight is 259 g/mol. The molecule has 1 saturated carbocycles. The van der Waals surface area contributed by atoms with Crippen molar-refractivity contribution in [1.82, 2.24) is 5.32 Å². The van der Waals surface area contributed by atoms with E-state index >= 15 is 0 Å². The van der Waals surface area contributed by atoms with Crippen LogP contribution in [0.15, 0.2) is 5.16 Å². The molecule has 1 amide bonds. The molecule has 4 N–H and O–H groups in total. The zero-order valence-electron chi connectivity index (χ0n) is 10.6. The molecule has 0 aromatic carbocycles. The second kappa shape index (κ2) is 5.16. The van der Waals surface area contributed by atoms with Gasteiger partial charge in [-0.3, -0.25) is 4.79 Å². The van der Waals surface area contributed by atoms with Crippen LogP contribution in [-0.4, -0.2) is 34.5 Å². The van der Waals surface area contributed by atoms with Crippen molar-refractivity contribution >= 4 is 23.5 Å². The highest BCUT2D eigenvalue weighted by Gasteiger charge is 2.39. The van der Waals surface area contributed by atoms with Gasteiger partial charge in [0.2, 0.25) is 5.91 Å². The van der Waals surface area contributed by atoms with Crippen LogP contribution in [-0.2, 0) is 4.79 Å². The lowest BCUT2D eigenvalue weighted by Gasteiger charge is -2.41. The second-order valence-corrected chi connectivity index (χ2v) is 6.31. The smallest absolute Gasteiger partial charge is 0.233 e. The van der Waals surface area contributed by atoms with Crippen molar-refractivity contribution in [1.29, 1.82) is 0 Å². The Bertz CT molecular complexity index is 319. The van der Waals surface area contributed by atoms with Crippen LogP contribution in [0.1, 0.15) is 33.1 Å². The molecule has 17 heavy (non-hydrogen) atoms. The minimum atomic E-state index is -0.974. The largest absolute Gasteiger partial charge is 0.409 e. The number of rotatable bonds is 5. The van der Waals surface area contributed by atoms with E-state index in [-0.39, 0.29) is 16.5 Å². The number of carbonyl (C=O) groups is 1. The van der Waals surface area contributed by atoms with Gasteiger partial charge in [0.1, 0.15) is 5.41 Å². The summed E-state index contributed by atoms with van der Waals surface area (Å²) < 4.78 is 0.191. The number of nitrogens with one attached hydrogen (secondary N) is 1. The maximum Gasteiger partial charge on any atom is 0.233 e. The number of hydrogen-bond donors (Lipinski definition) is 3. The van der Waals surface area contributed by atoms with Gasteiger partial charge in [-0.15, -0.1) is 0 Å². The molecule has 1 aliphatic rings. The Labute approximate surface area is 106 Å². The zero-order valence-corrected chi connectivity index (χ0v) is 11.4. The van der Waals surface area contributed by atoms with Gasteiger partial charge in [0.25, 0.3) is 0 Å². The highest BCUT2D eigenvalue weighted by atomic mass is 32.2. The molecule has 0 atom stereocenters. The zero-order chi connectivity index (χ0) is 13.1. The molecule has 5 nitrogen and oxygen atoms in total. The molecule has 0 bridgehead atoms. The minimum absolute atomic E-state index is 0.0678. The van der Waals surface area contributed by atoms with Crippen LogP contribution < -0.4 is 11.1 Å². The third-order valence-electron chi connectivity index (χ3n) is 3.58. The van der Waals surface area contributed by atoms with Crippen molar-refractivity contribution in [3.8, 4) is 0 Å². The molecular formula is C11H21N3O2S. The van der Waals surface area contributed by atoms with E-state index in [0.29, 0.717) is 6.54 Å². The molecule has 1 fully saturated rings. The maximum atomic E-state index is 12.0. The molecule has 98 valence electrons. The number of oxime groups is 1. The highest BCUT2D eigenvalue weighted by Crippen LogP contribution is 2.42. The van der Waals surface area contributed by atoms with Crippen LogP contribution in [0, 0.1) is 5.41 Å². The Morgan fingerprint density at radius 1 is 1.59 bits per heavy atom. The summed E-state index contributed by atoms with van der Waals surface area (Å²) in [6.07, 6.45) is 5.57. The predicted molar refractivity (Wildman–Crippen MR) is 70.3 cm³/mol. The second-order valence-electron chi connectivity index (χ2n) is 5.03. The van der Waals surface area contributed by atoms with Gasteiger partial charge in [0.15, 0.2) is 5.84 Å². The summed E-state index contributed by atoms with van der Waals surface area (Å²) in [4.78, 5) is 12.0. The van der Waals surface area contributed by atoms with Crippen molar-refractivity contribution in [2.24, 2.45) is 16.3 Å². The molecule has 0 radical (unpaired) electrons.